The number of fused-ring (bicyclic) bond motifs is 1. The molecule has 1 heterocycles. The minimum absolute atomic E-state index is 0.229. The molecular weight excluding hydrogens is 298 g/mol. The summed E-state index contributed by atoms with van der Waals surface area (Å²) in [5, 5.41) is 16.5. The Labute approximate surface area is 136 Å². The molecule has 0 saturated carbocycles. The van der Waals surface area contributed by atoms with Crippen LogP contribution in [0.4, 0.5) is 4.79 Å². The van der Waals surface area contributed by atoms with Gasteiger partial charge in [0.15, 0.2) is 0 Å². The summed E-state index contributed by atoms with van der Waals surface area (Å²) in [6.45, 7) is 6.68. The van der Waals surface area contributed by atoms with Crippen molar-refractivity contribution in [3.05, 3.63) is 15.6 Å². The van der Waals surface area contributed by atoms with E-state index in [1.165, 1.54) is 23.4 Å². The van der Waals surface area contributed by atoms with Gasteiger partial charge in [-0.3, -0.25) is 0 Å². The number of hydrogen-bond donors (Lipinski definition) is 3. The molecule has 124 valence electrons. The number of urea groups is 1. The van der Waals surface area contributed by atoms with E-state index in [4.69, 9.17) is 0 Å². The molecule has 0 aromatic carbocycles. The van der Waals surface area contributed by atoms with Gasteiger partial charge in [-0.05, 0) is 31.1 Å². The number of rotatable bonds is 5. The van der Waals surface area contributed by atoms with Crippen molar-refractivity contribution in [3.63, 3.8) is 0 Å². The number of nitrogens with one attached hydrogen (secondary N) is 2. The second-order valence-electron chi connectivity index (χ2n) is 6.95. The number of aliphatic hydroxyl groups excluding tert-OH is 1. The van der Waals surface area contributed by atoms with Crippen molar-refractivity contribution in [3.8, 4) is 0 Å². The van der Waals surface area contributed by atoms with E-state index in [1.54, 1.807) is 11.3 Å². The van der Waals surface area contributed by atoms with E-state index >= 15 is 0 Å². The molecule has 1 aliphatic rings. The van der Waals surface area contributed by atoms with Crippen LogP contribution in [-0.4, -0.2) is 35.3 Å². The molecule has 1 atom stereocenters. The van der Waals surface area contributed by atoms with Gasteiger partial charge in [0.25, 0.3) is 0 Å². The van der Waals surface area contributed by atoms with Crippen LogP contribution in [0.25, 0.3) is 0 Å². The minimum Gasteiger partial charge on any atom is -0.391 e. The second-order valence-corrected chi connectivity index (χ2v) is 8.12. The van der Waals surface area contributed by atoms with E-state index in [0.29, 0.717) is 6.54 Å². The summed E-state index contributed by atoms with van der Waals surface area (Å²) in [6, 6.07) is -0.232. The molecule has 1 aromatic rings. The van der Waals surface area contributed by atoms with Crippen molar-refractivity contribution in [2.24, 2.45) is 5.41 Å². The Morgan fingerprint density at radius 3 is 2.73 bits per heavy atom. The molecule has 1 aliphatic carbocycles. The number of aliphatic hydroxyl groups is 1. The maximum Gasteiger partial charge on any atom is 0.314 e. The monoisotopic (exact) mass is 325 g/mol. The van der Waals surface area contributed by atoms with Crippen LogP contribution < -0.4 is 10.6 Å². The number of hydrogen-bond acceptors (Lipinski definition) is 4. The standard InChI is InChI=1S/C16H27N3O2S/c1-16(2,3)13(20)10-18-15(21)17-9-8-14-19-11-6-4-5-7-12(11)22-14/h13,20H,4-10H2,1-3H3,(H2,17,18,21). The van der Waals surface area contributed by atoms with Crippen LogP contribution in [0, 0.1) is 5.41 Å². The van der Waals surface area contributed by atoms with Gasteiger partial charge in [-0.15, -0.1) is 11.3 Å². The lowest BCUT2D eigenvalue weighted by Crippen LogP contribution is -2.44. The molecule has 22 heavy (non-hydrogen) atoms. The fourth-order valence-electron chi connectivity index (χ4n) is 2.35. The fraction of sp³-hybridized carbons (Fsp3) is 0.750. The lowest BCUT2D eigenvalue weighted by Gasteiger charge is -2.25. The molecule has 0 bridgehead atoms. The predicted octanol–water partition coefficient (Wildman–Crippen LogP) is 2.27. The van der Waals surface area contributed by atoms with Crippen LogP contribution >= 0.6 is 11.3 Å². The molecule has 0 fully saturated rings. The van der Waals surface area contributed by atoms with Gasteiger partial charge in [0.1, 0.15) is 0 Å². The molecule has 0 radical (unpaired) electrons. The molecule has 0 saturated heterocycles. The molecule has 2 amide bonds. The molecular formula is C16H27N3O2S. The number of aryl methyl sites for hydroxylation is 2. The Bertz CT molecular complexity index is 484. The van der Waals surface area contributed by atoms with Crippen LogP contribution in [0.3, 0.4) is 0 Å². The zero-order chi connectivity index (χ0) is 16.2. The highest BCUT2D eigenvalue weighted by atomic mass is 32.1. The number of nitrogens with zero attached hydrogens (tertiary/aromatic N) is 1. The van der Waals surface area contributed by atoms with Crippen LogP contribution in [0.2, 0.25) is 0 Å². The third-order valence-electron chi connectivity index (χ3n) is 3.97. The van der Waals surface area contributed by atoms with Gasteiger partial charge in [-0.25, -0.2) is 9.78 Å². The van der Waals surface area contributed by atoms with Crippen molar-refractivity contribution in [2.45, 2.75) is 59.0 Å². The first kappa shape index (κ1) is 17.2. The van der Waals surface area contributed by atoms with Gasteiger partial charge in [0.05, 0.1) is 16.8 Å². The number of carbonyl (C=O) groups excluding carboxylic acids is 1. The molecule has 2 rings (SSSR count). The van der Waals surface area contributed by atoms with Crippen molar-refractivity contribution >= 4 is 17.4 Å². The maximum absolute atomic E-state index is 11.7. The van der Waals surface area contributed by atoms with Crippen molar-refractivity contribution in [1.29, 1.82) is 0 Å². The van der Waals surface area contributed by atoms with Gasteiger partial charge < -0.3 is 15.7 Å². The van der Waals surface area contributed by atoms with Crippen LogP contribution in [0.15, 0.2) is 0 Å². The lowest BCUT2D eigenvalue weighted by molar-refractivity contribution is 0.0650. The Balaban J connectivity index is 1.68. The molecule has 3 N–H and O–H groups in total. The SMILES string of the molecule is CC(C)(C)C(O)CNC(=O)NCCc1nc2c(s1)CCCC2. The van der Waals surface area contributed by atoms with E-state index in [2.05, 4.69) is 15.6 Å². The third kappa shape index (κ3) is 4.95. The van der Waals surface area contributed by atoms with Crippen molar-refractivity contribution in [1.82, 2.24) is 15.6 Å². The average molecular weight is 325 g/mol. The summed E-state index contributed by atoms with van der Waals surface area (Å²) in [7, 11) is 0. The van der Waals surface area contributed by atoms with Crippen molar-refractivity contribution in [2.75, 3.05) is 13.1 Å². The Kier molecular flexibility index (Phi) is 5.81. The molecule has 6 heteroatoms. The summed E-state index contributed by atoms with van der Waals surface area (Å²) in [5.74, 6) is 0. The molecule has 5 nitrogen and oxygen atoms in total. The fourth-order valence-corrected chi connectivity index (χ4v) is 3.51. The number of aromatic nitrogens is 1. The Morgan fingerprint density at radius 1 is 1.32 bits per heavy atom. The highest BCUT2D eigenvalue weighted by molar-refractivity contribution is 7.11. The zero-order valence-corrected chi connectivity index (χ0v) is 14.6. The third-order valence-corrected chi connectivity index (χ3v) is 5.19. The van der Waals surface area contributed by atoms with Crippen LogP contribution in [0.1, 0.15) is 49.2 Å². The van der Waals surface area contributed by atoms with E-state index in [-0.39, 0.29) is 18.0 Å². The maximum atomic E-state index is 11.7. The summed E-state index contributed by atoms with van der Waals surface area (Å²) < 4.78 is 0. The molecule has 1 unspecified atom stereocenters. The summed E-state index contributed by atoms with van der Waals surface area (Å²) in [5.41, 5.74) is 1.04. The normalized spacial score (nSPS) is 16.0. The van der Waals surface area contributed by atoms with E-state index < -0.39 is 6.10 Å². The topological polar surface area (TPSA) is 74.2 Å². The number of amides is 2. The smallest absolute Gasteiger partial charge is 0.314 e. The quantitative estimate of drug-likeness (QED) is 0.777. The first-order valence-electron chi connectivity index (χ1n) is 8.03. The van der Waals surface area contributed by atoms with E-state index in [1.807, 2.05) is 20.8 Å². The summed E-state index contributed by atoms with van der Waals surface area (Å²) in [6.07, 6.45) is 4.99. The first-order valence-corrected chi connectivity index (χ1v) is 8.85. The van der Waals surface area contributed by atoms with E-state index in [9.17, 15) is 9.90 Å². The van der Waals surface area contributed by atoms with Gasteiger partial charge >= 0.3 is 6.03 Å². The Morgan fingerprint density at radius 2 is 2.05 bits per heavy atom. The highest BCUT2D eigenvalue weighted by Gasteiger charge is 2.22. The molecule has 0 spiro atoms. The largest absolute Gasteiger partial charge is 0.391 e. The highest BCUT2D eigenvalue weighted by Crippen LogP contribution is 2.26. The molecule has 0 aliphatic heterocycles. The van der Waals surface area contributed by atoms with Gasteiger partial charge in [-0.2, -0.15) is 0 Å². The Hall–Kier alpha value is -1.14. The first-order chi connectivity index (χ1) is 10.4. The molecule has 1 aromatic heterocycles. The van der Waals surface area contributed by atoms with Crippen LogP contribution in [0.5, 0.6) is 0 Å². The second kappa shape index (κ2) is 7.42. The lowest BCUT2D eigenvalue weighted by atomic mass is 9.89. The van der Waals surface area contributed by atoms with Crippen LogP contribution in [-0.2, 0) is 19.3 Å². The van der Waals surface area contributed by atoms with Gasteiger partial charge in [0.2, 0.25) is 0 Å². The van der Waals surface area contributed by atoms with Crippen molar-refractivity contribution < 1.29 is 9.90 Å². The zero-order valence-electron chi connectivity index (χ0n) is 13.7. The predicted molar refractivity (Wildman–Crippen MR) is 89.3 cm³/mol. The van der Waals surface area contributed by atoms with E-state index in [0.717, 1.165) is 24.3 Å². The van der Waals surface area contributed by atoms with Gasteiger partial charge in [0, 0.05) is 24.4 Å². The van der Waals surface area contributed by atoms with Gasteiger partial charge in [-0.1, -0.05) is 20.8 Å². The summed E-state index contributed by atoms with van der Waals surface area (Å²) in [4.78, 5) is 17.8. The summed E-state index contributed by atoms with van der Waals surface area (Å²) >= 11 is 1.79. The minimum atomic E-state index is -0.552. The number of carbonyl (C=O) groups is 1. The number of thiazole rings is 1. The average Bonchev–Trinajstić information content (AvgIpc) is 2.86.